The van der Waals surface area contributed by atoms with Crippen molar-refractivity contribution in [3.63, 3.8) is 0 Å². The highest BCUT2D eigenvalue weighted by Crippen LogP contribution is 2.37. The molecule has 2 rings (SSSR count). The standard InChI is InChI=1S/C16H19F3N2O4/c1-10-3-2-4-11(7-10)25-6-5-20-15(24)21-8-12(14(22)23)13(9-21)16(17,18)19/h2-4,7,12-13H,5-6,8-9H2,1H3,(H,20,24)(H,22,23)/t12-,13-/m1/s1. The number of likely N-dealkylation sites (tertiary alicyclic amines) is 1. The van der Waals surface area contributed by atoms with E-state index in [2.05, 4.69) is 5.32 Å². The molecule has 1 aromatic rings. The molecule has 138 valence electrons. The van der Waals surface area contributed by atoms with Crippen LogP contribution in [-0.4, -0.2) is 54.4 Å². The van der Waals surface area contributed by atoms with Gasteiger partial charge in [-0.2, -0.15) is 13.2 Å². The van der Waals surface area contributed by atoms with Crippen LogP contribution in [0.3, 0.4) is 0 Å². The van der Waals surface area contributed by atoms with Crippen molar-refractivity contribution in [2.45, 2.75) is 13.1 Å². The topological polar surface area (TPSA) is 78.9 Å². The molecule has 1 aromatic carbocycles. The molecule has 2 N–H and O–H groups in total. The van der Waals surface area contributed by atoms with Crippen LogP contribution in [0.5, 0.6) is 5.75 Å². The normalized spacial score (nSPS) is 20.4. The molecule has 25 heavy (non-hydrogen) atoms. The first-order chi connectivity index (χ1) is 11.7. The minimum atomic E-state index is -4.66. The Morgan fingerprint density at radius 2 is 2.08 bits per heavy atom. The fourth-order valence-corrected chi connectivity index (χ4v) is 2.70. The molecule has 1 heterocycles. The van der Waals surface area contributed by atoms with Crippen LogP contribution in [0.15, 0.2) is 24.3 Å². The van der Waals surface area contributed by atoms with E-state index in [1.165, 1.54) is 0 Å². The van der Waals surface area contributed by atoms with Gasteiger partial charge in [0.2, 0.25) is 0 Å². The van der Waals surface area contributed by atoms with Crippen molar-refractivity contribution in [3.8, 4) is 5.75 Å². The molecule has 0 spiro atoms. The number of alkyl halides is 3. The number of aryl methyl sites for hydroxylation is 1. The van der Waals surface area contributed by atoms with E-state index in [0.29, 0.717) is 5.75 Å². The summed E-state index contributed by atoms with van der Waals surface area (Å²) in [5.74, 6) is -4.63. The zero-order valence-corrected chi connectivity index (χ0v) is 13.5. The highest BCUT2D eigenvalue weighted by molar-refractivity contribution is 5.77. The SMILES string of the molecule is Cc1cccc(OCCNC(=O)N2C[C@@H](C(F)(F)F)[C@H](C(=O)O)C2)c1. The van der Waals surface area contributed by atoms with E-state index in [9.17, 15) is 22.8 Å². The van der Waals surface area contributed by atoms with Crippen LogP contribution in [-0.2, 0) is 4.79 Å². The molecule has 0 radical (unpaired) electrons. The first kappa shape index (κ1) is 18.9. The lowest BCUT2D eigenvalue weighted by atomic mass is 9.96. The molecule has 1 aliphatic rings. The predicted octanol–water partition coefficient (Wildman–Crippen LogP) is 2.28. The highest BCUT2D eigenvalue weighted by atomic mass is 19.4. The number of hydrogen-bond acceptors (Lipinski definition) is 3. The lowest BCUT2D eigenvalue weighted by molar-refractivity contribution is -0.187. The summed E-state index contributed by atoms with van der Waals surface area (Å²) in [5, 5.41) is 11.4. The van der Waals surface area contributed by atoms with E-state index >= 15 is 0 Å². The van der Waals surface area contributed by atoms with Gasteiger partial charge < -0.3 is 20.1 Å². The van der Waals surface area contributed by atoms with Crippen LogP contribution in [0.1, 0.15) is 5.56 Å². The van der Waals surface area contributed by atoms with Crippen molar-refractivity contribution in [2.24, 2.45) is 11.8 Å². The number of halogens is 3. The molecular weight excluding hydrogens is 341 g/mol. The number of amides is 2. The van der Waals surface area contributed by atoms with Gasteiger partial charge >= 0.3 is 18.2 Å². The Kier molecular flexibility index (Phi) is 5.76. The third-order valence-corrected chi connectivity index (χ3v) is 3.98. The van der Waals surface area contributed by atoms with Crippen LogP contribution in [0, 0.1) is 18.8 Å². The molecule has 0 aromatic heterocycles. The Labute approximate surface area is 142 Å². The largest absolute Gasteiger partial charge is 0.492 e. The molecule has 2 atom stereocenters. The van der Waals surface area contributed by atoms with Crippen LogP contribution in [0.2, 0.25) is 0 Å². The Balaban J connectivity index is 1.82. The minimum Gasteiger partial charge on any atom is -0.492 e. The quantitative estimate of drug-likeness (QED) is 0.790. The summed E-state index contributed by atoms with van der Waals surface area (Å²) in [6, 6.07) is 6.55. The van der Waals surface area contributed by atoms with Crippen LogP contribution in [0.25, 0.3) is 0 Å². The van der Waals surface area contributed by atoms with E-state index < -0.39 is 43.1 Å². The number of urea groups is 1. The summed E-state index contributed by atoms with van der Waals surface area (Å²) in [6.07, 6.45) is -4.66. The second kappa shape index (κ2) is 7.62. The van der Waals surface area contributed by atoms with Gasteiger partial charge in [-0.05, 0) is 24.6 Å². The fourth-order valence-electron chi connectivity index (χ4n) is 2.70. The zero-order valence-electron chi connectivity index (χ0n) is 13.5. The van der Waals surface area contributed by atoms with E-state index in [4.69, 9.17) is 9.84 Å². The lowest BCUT2D eigenvalue weighted by Gasteiger charge is -2.18. The molecule has 0 saturated carbocycles. The number of aliphatic carboxylic acids is 1. The van der Waals surface area contributed by atoms with E-state index in [-0.39, 0.29) is 13.2 Å². The second-order valence-corrected chi connectivity index (χ2v) is 5.89. The maximum absolute atomic E-state index is 12.9. The van der Waals surface area contributed by atoms with Crippen molar-refractivity contribution >= 4 is 12.0 Å². The van der Waals surface area contributed by atoms with Gasteiger partial charge in [0, 0.05) is 13.1 Å². The molecule has 1 fully saturated rings. The number of carboxylic acid groups (broad SMARTS) is 1. The molecule has 0 aliphatic carbocycles. The number of carbonyl (C=O) groups is 2. The van der Waals surface area contributed by atoms with Gasteiger partial charge in [-0.15, -0.1) is 0 Å². The minimum absolute atomic E-state index is 0.0949. The number of ether oxygens (including phenoxy) is 1. The Hall–Kier alpha value is -2.45. The number of nitrogens with one attached hydrogen (secondary N) is 1. The number of benzene rings is 1. The third-order valence-electron chi connectivity index (χ3n) is 3.98. The van der Waals surface area contributed by atoms with Crippen molar-refractivity contribution < 1.29 is 32.6 Å². The smallest absolute Gasteiger partial charge is 0.394 e. The monoisotopic (exact) mass is 360 g/mol. The summed E-state index contributed by atoms with van der Waals surface area (Å²) >= 11 is 0. The molecule has 2 amide bonds. The average Bonchev–Trinajstić information content (AvgIpc) is 2.97. The van der Waals surface area contributed by atoms with E-state index in [1.807, 2.05) is 25.1 Å². The zero-order chi connectivity index (χ0) is 18.6. The highest BCUT2D eigenvalue weighted by Gasteiger charge is 2.53. The van der Waals surface area contributed by atoms with Crippen molar-refractivity contribution in [2.75, 3.05) is 26.2 Å². The van der Waals surface area contributed by atoms with Gasteiger partial charge in [0.25, 0.3) is 0 Å². The van der Waals surface area contributed by atoms with Crippen molar-refractivity contribution in [3.05, 3.63) is 29.8 Å². The van der Waals surface area contributed by atoms with Gasteiger partial charge in [-0.3, -0.25) is 4.79 Å². The molecule has 1 aliphatic heterocycles. The number of rotatable bonds is 5. The maximum Gasteiger partial charge on any atom is 0.394 e. The van der Waals surface area contributed by atoms with Gasteiger partial charge in [-0.25, -0.2) is 4.79 Å². The molecule has 6 nitrogen and oxygen atoms in total. The maximum atomic E-state index is 12.9. The van der Waals surface area contributed by atoms with Gasteiger partial charge in [-0.1, -0.05) is 12.1 Å². The van der Waals surface area contributed by atoms with Crippen molar-refractivity contribution in [1.29, 1.82) is 0 Å². The first-order valence-electron chi connectivity index (χ1n) is 7.70. The summed E-state index contributed by atoms with van der Waals surface area (Å²) < 4.78 is 44.1. The van der Waals surface area contributed by atoms with Crippen LogP contribution >= 0.6 is 0 Å². The van der Waals surface area contributed by atoms with E-state index in [0.717, 1.165) is 10.5 Å². The lowest BCUT2D eigenvalue weighted by Crippen LogP contribution is -2.41. The Bertz CT molecular complexity index is 636. The summed E-state index contributed by atoms with van der Waals surface area (Å²) in [6.45, 7) is 1.01. The van der Waals surface area contributed by atoms with Gasteiger partial charge in [0.1, 0.15) is 12.4 Å². The molecule has 1 saturated heterocycles. The third kappa shape index (κ3) is 5.01. The first-order valence-corrected chi connectivity index (χ1v) is 7.70. The predicted molar refractivity (Wildman–Crippen MR) is 82.3 cm³/mol. The van der Waals surface area contributed by atoms with Gasteiger partial charge in [0.05, 0.1) is 18.4 Å². The molecular formula is C16H19F3N2O4. The van der Waals surface area contributed by atoms with Gasteiger partial charge in [0.15, 0.2) is 0 Å². The average molecular weight is 360 g/mol. The van der Waals surface area contributed by atoms with Crippen LogP contribution in [0.4, 0.5) is 18.0 Å². The molecule has 0 unspecified atom stereocenters. The van der Waals surface area contributed by atoms with Crippen molar-refractivity contribution in [1.82, 2.24) is 10.2 Å². The molecule has 0 bridgehead atoms. The number of carboxylic acids is 1. The van der Waals surface area contributed by atoms with Crippen LogP contribution < -0.4 is 10.1 Å². The summed E-state index contributed by atoms with van der Waals surface area (Å²) in [7, 11) is 0. The van der Waals surface area contributed by atoms with E-state index in [1.54, 1.807) is 6.07 Å². The number of nitrogens with zero attached hydrogens (tertiary/aromatic N) is 1. The number of hydrogen-bond donors (Lipinski definition) is 2. The second-order valence-electron chi connectivity index (χ2n) is 5.89. The summed E-state index contributed by atoms with van der Waals surface area (Å²) in [5.41, 5.74) is 1.01. The fraction of sp³-hybridized carbons (Fsp3) is 0.500. The Morgan fingerprint density at radius 1 is 1.36 bits per heavy atom. The summed E-state index contributed by atoms with van der Waals surface area (Å²) in [4.78, 5) is 23.8. The molecule has 9 heteroatoms. The Morgan fingerprint density at radius 3 is 2.64 bits per heavy atom. The number of carbonyl (C=O) groups excluding carboxylic acids is 1.